The molecule has 3 rings (SSSR count). The SMILES string of the molecule is OCc1sc(Oc2ccc3ccccc3c2Br)nc1Cl. The Morgan fingerprint density at radius 1 is 1.25 bits per heavy atom. The lowest BCUT2D eigenvalue weighted by molar-refractivity contribution is 0.285. The van der Waals surface area contributed by atoms with Gasteiger partial charge in [-0.1, -0.05) is 53.3 Å². The molecule has 0 unspecified atom stereocenters. The van der Waals surface area contributed by atoms with Gasteiger partial charge in [-0.25, -0.2) is 0 Å². The van der Waals surface area contributed by atoms with Gasteiger partial charge in [0, 0.05) is 0 Å². The van der Waals surface area contributed by atoms with E-state index in [1.165, 1.54) is 11.3 Å². The number of rotatable bonds is 3. The summed E-state index contributed by atoms with van der Waals surface area (Å²) in [5, 5.41) is 12.0. The normalized spacial score (nSPS) is 10.9. The molecule has 0 amide bonds. The van der Waals surface area contributed by atoms with E-state index in [1.807, 2.05) is 36.4 Å². The molecule has 0 spiro atoms. The minimum atomic E-state index is -0.140. The zero-order chi connectivity index (χ0) is 14.1. The number of ether oxygens (including phenoxy) is 1. The maximum atomic E-state index is 9.11. The van der Waals surface area contributed by atoms with Crippen LogP contribution in [0, 0.1) is 0 Å². The first kappa shape index (κ1) is 13.8. The molecule has 0 saturated carbocycles. The fourth-order valence-corrected chi connectivity index (χ4v) is 3.39. The van der Waals surface area contributed by atoms with Gasteiger partial charge in [-0.2, -0.15) is 4.98 Å². The van der Waals surface area contributed by atoms with Crippen LogP contribution in [0.3, 0.4) is 0 Å². The molecule has 1 N–H and O–H groups in total. The summed E-state index contributed by atoms with van der Waals surface area (Å²) in [5.41, 5.74) is 0. The van der Waals surface area contributed by atoms with Crippen molar-refractivity contribution in [2.24, 2.45) is 0 Å². The topological polar surface area (TPSA) is 42.4 Å². The first-order valence-electron chi connectivity index (χ1n) is 5.80. The lowest BCUT2D eigenvalue weighted by Gasteiger charge is -2.07. The predicted molar refractivity (Wildman–Crippen MR) is 84.8 cm³/mol. The van der Waals surface area contributed by atoms with E-state index in [-0.39, 0.29) is 11.8 Å². The van der Waals surface area contributed by atoms with Crippen LogP contribution in [0.1, 0.15) is 4.88 Å². The second kappa shape index (κ2) is 5.69. The number of halogens is 2. The molecule has 0 atom stereocenters. The van der Waals surface area contributed by atoms with Gasteiger partial charge in [0.1, 0.15) is 10.9 Å². The van der Waals surface area contributed by atoms with Crippen LogP contribution < -0.4 is 4.74 Å². The number of fused-ring (bicyclic) bond motifs is 1. The first-order chi connectivity index (χ1) is 9.69. The van der Waals surface area contributed by atoms with Crippen LogP contribution in [0.2, 0.25) is 5.15 Å². The number of hydrogen-bond donors (Lipinski definition) is 1. The van der Waals surface area contributed by atoms with E-state index in [1.54, 1.807) is 0 Å². The zero-order valence-corrected chi connectivity index (χ0v) is 13.3. The van der Waals surface area contributed by atoms with Gasteiger partial charge in [-0.3, -0.25) is 0 Å². The smallest absolute Gasteiger partial charge is 0.280 e. The average Bonchev–Trinajstić information content (AvgIpc) is 2.82. The van der Waals surface area contributed by atoms with Gasteiger partial charge in [-0.05, 0) is 32.8 Å². The summed E-state index contributed by atoms with van der Waals surface area (Å²) in [6.07, 6.45) is 0. The Kier molecular flexibility index (Phi) is 3.94. The van der Waals surface area contributed by atoms with E-state index in [0.29, 0.717) is 15.8 Å². The van der Waals surface area contributed by atoms with Crippen LogP contribution in [-0.4, -0.2) is 10.1 Å². The fourth-order valence-electron chi connectivity index (χ4n) is 1.84. The van der Waals surface area contributed by atoms with Gasteiger partial charge >= 0.3 is 0 Å². The molecule has 0 radical (unpaired) electrons. The largest absolute Gasteiger partial charge is 0.430 e. The van der Waals surface area contributed by atoms with Gasteiger partial charge < -0.3 is 9.84 Å². The maximum absolute atomic E-state index is 9.11. The third-order valence-electron chi connectivity index (χ3n) is 2.80. The Morgan fingerprint density at radius 2 is 2.05 bits per heavy atom. The molecule has 20 heavy (non-hydrogen) atoms. The monoisotopic (exact) mass is 369 g/mol. The molecule has 1 aromatic heterocycles. The zero-order valence-electron chi connectivity index (χ0n) is 10.1. The second-order valence-corrected chi connectivity index (χ2v) is 6.25. The van der Waals surface area contributed by atoms with Gasteiger partial charge in [0.2, 0.25) is 0 Å². The summed E-state index contributed by atoms with van der Waals surface area (Å²) < 4.78 is 6.61. The van der Waals surface area contributed by atoms with E-state index in [0.717, 1.165) is 15.2 Å². The lowest BCUT2D eigenvalue weighted by atomic mass is 10.1. The number of aliphatic hydroxyl groups is 1. The molecule has 0 aliphatic rings. The fraction of sp³-hybridized carbons (Fsp3) is 0.0714. The number of thiazole rings is 1. The van der Waals surface area contributed by atoms with Gasteiger partial charge in [0.25, 0.3) is 5.19 Å². The molecule has 102 valence electrons. The number of benzene rings is 2. The summed E-state index contributed by atoms with van der Waals surface area (Å²) in [6.45, 7) is -0.140. The quantitative estimate of drug-likeness (QED) is 0.705. The summed E-state index contributed by atoms with van der Waals surface area (Å²) in [5.74, 6) is 0.665. The summed E-state index contributed by atoms with van der Waals surface area (Å²) in [7, 11) is 0. The Hall–Kier alpha value is -1.14. The van der Waals surface area contributed by atoms with Crippen LogP contribution >= 0.6 is 38.9 Å². The van der Waals surface area contributed by atoms with Crippen LogP contribution in [-0.2, 0) is 6.61 Å². The molecular weight excluding hydrogens is 362 g/mol. The van der Waals surface area contributed by atoms with Crippen molar-refractivity contribution in [3.63, 3.8) is 0 Å². The summed E-state index contributed by atoms with van der Waals surface area (Å²) >= 11 is 10.7. The highest BCUT2D eigenvalue weighted by Crippen LogP contribution is 2.38. The minimum Gasteiger partial charge on any atom is -0.430 e. The standard InChI is InChI=1S/C14H9BrClNO2S/c15-12-9-4-2-1-3-8(9)5-6-10(12)19-14-17-13(16)11(7-18)20-14/h1-6,18H,7H2. The van der Waals surface area contributed by atoms with E-state index in [2.05, 4.69) is 20.9 Å². The van der Waals surface area contributed by atoms with Crippen molar-refractivity contribution < 1.29 is 9.84 Å². The molecule has 6 heteroatoms. The van der Waals surface area contributed by atoms with Crippen molar-refractivity contribution in [1.29, 1.82) is 0 Å². The summed E-state index contributed by atoms with van der Waals surface area (Å²) in [6, 6.07) is 11.9. The van der Waals surface area contributed by atoms with Crippen molar-refractivity contribution >= 4 is 49.6 Å². The molecule has 0 aliphatic carbocycles. The van der Waals surface area contributed by atoms with Crippen LogP contribution in [0.5, 0.6) is 10.9 Å². The minimum absolute atomic E-state index is 0.140. The maximum Gasteiger partial charge on any atom is 0.280 e. The van der Waals surface area contributed by atoms with Crippen molar-refractivity contribution in [2.45, 2.75) is 6.61 Å². The molecule has 0 aliphatic heterocycles. The highest BCUT2D eigenvalue weighted by atomic mass is 79.9. The van der Waals surface area contributed by atoms with Crippen LogP contribution in [0.4, 0.5) is 0 Å². The van der Waals surface area contributed by atoms with Gasteiger partial charge in [-0.15, -0.1) is 0 Å². The predicted octanol–water partition coefficient (Wildman–Crippen LogP) is 5.00. The molecule has 3 aromatic rings. The third-order valence-corrected chi connectivity index (χ3v) is 4.96. The van der Waals surface area contributed by atoms with Crippen LogP contribution in [0.15, 0.2) is 40.9 Å². The summed E-state index contributed by atoms with van der Waals surface area (Å²) in [4.78, 5) is 4.67. The number of hydrogen-bond acceptors (Lipinski definition) is 4. The molecular formula is C14H9BrClNO2S. The highest BCUT2D eigenvalue weighted by Gasteiger charge is 2.12. The highest BCUT2D eigenvalue weighted by molar-refractivity contribution is 9.10. The number of nitrogens with zero attached hydrogens (tertiary/aromatic N) is 1. The second-order valence-electron chi connectivity index (χ2n) is 4.05. The van der Waals surface area contributed by atoms with Crippen LogP contribution in [0.25, 0.3) is 10.8 Å². The van der Waals surface area contributed by atoms with Gasteiger partial charge in [0.15, 0.2) is 0 Å². The lowest BCUT2D eigenvalue weighted by Crippen LogP contribution is -1.85. The van der Waals surface area contributed by atoms with E-state index in [4.69, 9.17) is 21.4 Å². The van der Waals surface area contributed by atoms with Crippen molar-refractivity contribution in [3.8, 4) is 10.9 Å². The third kappa shape index (κ3) is 2.54. The Morgan fingerprint density at radius 3 is 2.80 bits per heavy atom. The average molecular weight is 371 g/mol. The Labute approximate surface area is 132 Å². The Balaban J connectivity index is 2.00. The van der Waals surface area contributed by atoms with E-state index >= 15 is 0 Å². The molecule has 1 heterocycles. The molecule has 2 aromatic carbocycles. The molecule has 0 bridgehead atoms. The van der Waals surface area contributed by atoms with E-state index in [9.17, 15) is 0 Å². The first-order valence-corrected chi connectivity index (χ1v) is 7.79. The molecule has 3 nitrogen and oxygen atoms in total. The van der Waals surface area contributed by atoms with E-state index < -0.39 is 0 Å². The number of aromatic nitrogens is 1. The van der Waals surface area contributed by atoms with Crippen molar-refractivity contribution in [2.75, 3.05) is 0 Å². The molecule has 0 fully saturated rings. The molecule has 0 saturated heterocycles. The van der Waals surface area contributed by atoms with Crippen molar-refractivity contribution in [3.05, 3.63) is 50.9 Å². The number of aliphatic hydroxyl groups excluding tert-OH is 1. The Bertz CT molecular complexity index is 775. The van der Waals surface area contributed by atoms with Gasteiger partial charge in [0.05, 0.1) is 16.0 Å². The van der Waals surface area contributed by atoms with Crippen molar-refractivity contribution in [1.82, 2.24) is 4.98 Å².